The van der Waals surface area contributed by atoms with Crippen LogP contribution in [0.15, 0.2) is 34.5 Å². The van der Waals surface area contributed by atoms with Gasteiger partial charge in [-0.2, -0.15) is 0 Å². The summed E-state index contributed by atoms with van der Waals surface area (Å²) < 4.78 is 0. The predicted octanol–water partition coefficient (Wildman–Crippen LogP) is 6.15. The number of benzene rings is 1. The van der Waals surface area contributed by atoms with Crippen molar-refractivity contribution in [2.45, 2.75) is 42.9 Å². The van der Waals surface area contributed by atoms with E-state index >= 15 is 0 Å². The first kappa shape index (κ1) is 15.3. The van der Waals surface area contributed by atoms with Gasteiger partial charge in [0.05, 0.1) is 5.69 Å². The van der Waals surface area contributed by atoms with Crippen molar-refractivity contribution >= 4 is 33.9 Å². The summed E-state index contributed by atoms with van der Waals surface area (Å²) in [5, 5.41) is 6.87. The highest BCUT2D eigenvalue weighted by Crippen LogP contribution is 2.59. The minimum absolute atomic E-state index is 0.739. The summed E-state index contributed by atoms with van der Waals surface area (Å²) in [5.74, 6) is 4.64. The molecular weight excluding hydrogens is 332 g/mol. The monoisotopic (exact) mass is 356 g/mol. The maximum atomic E-state index is 5.00. The van der Waals surface area contributed by atoms with Crippen LogP contribution in [-0.2, 0) is 0 Å². The van der Waals surface area contributed by atoms with Gasteiger partial charge in [-0.1, -0.05) is 0 Å². The first-order valence-electron chi connectivity index (χ1n) is 9.15. The largest absolute Gasteiger partial charge is 0.332 e. The molecule has 4 fully saturated rings. The maximum Gasteiger partial charge on any atom is 0.187 e. The lowest BCUT2D eigenvalue weighted by atomic mass is 9.51. The molecule has 1 aromatic carbocycles. The van der Waals surface area contributed by atoms with Gasteiger partial charge in [0.2, 0.25) is 0 Å². The molecule has 126 valence electrons. The van der Waals surface area contributed by atoms with Crippen LogP contribution in [0.5, 0.6) is 0 Å². The van der Waals surface area contributed by atoms with Crippen molar-refractivity contribution in [1.82, 2.24) is 4.98 Å². The number of aromatic nitrogens is 1. The molecule has 0 atom stereocenters. The zero-order valence-corrected chi connectivity index (χ0v) is 15.7. The van der Waals surface area contributed by atoms with E-state index < -0.39 is 0 Å². The molecule has 2 nitrogen and oxygen atoms in total. The molecule has 0 radical (unpaired) electrons. The molecule has 4 saturated carbocycles. The summed E-state index contributed by atoms with van der Waals surface area (Å²) in [6.07, 6.45) is 9.50. The van der Waals surface area contributed by atoms with Gasteiger partial charge in [0, 0.05) is 21.9 Å². The molecule has 0 aliphatic heterocycles. The summed E-state index contributed by atoms with van der Waals surface area (Å²) in [6, 6.07) is 8.63. The molecule has 4 heteroatoms. The fourth-order valence-corrected chi connectivity index (χ4v) is 6.89. The zero-order chi connectivity index (χ0) is 16.1. The maximum absolute atomic E-state index is 5.00. The van der Waals surface area contributed by atoms with Crippen LogP contribution >= 0.6 is 23.1 Å². The normalized spacial score (nSPS) is 33.8. The molecule has 0 saturated heterocycles. The van der Waals surface area contributed by atoms with Crippen LogP contribution in [0.2, 0.25) is 0 Å². The first-order chi connectivity index (χ1) is 11.8. The fourth-order valence-electron chi connectivity index (χ4n) is 5.70. The number of anilines is 2. The molecule has 6 rings (SSSR count). The van der Waals surface area contributed by atoms with Crippen molar-refractivity contribution in [2.24, 2.45) is 23.7 Å². The van der Waals surface area contributed by atoms with E-state index in [1.54, 1.807) is 23.1 Å². The van der Waals surface area contributed by atoms with Gasteiger partial charge in [-0.15, -0.1) is 23.1 Å². The molecule has 1 aromatic heterocycles. The quantitative estimate of drug-likeness (QED) is 0.665. The smallest absolute Gasteiger partial charge is 0.187 e. The van der Waals surface area contributed by atoms with Gasteiger partial charge in [0.15, 0.2) is 5.13 Å². The van der Waals surface area contributed by atoms with E-state index in [0.29, 0.717) is 0 Å². The minimum Gasteiger partial charge on any atom is -0.332 e. The van der Waals surface area contributed by atoms with Crippen LogP contribution in [0.3, 0.4) is 0 Å². The van der Waals surface area contributed by atoms with Crippen LogP contribution in [0.1, 0.15) is 43.7 Å². The number of thioether (sulfide) groups is 1. The van der Waals surface area contributed by atoms with E-state index in [1.165, 1.54) is 42.7 Å². The molecule has 2 aromatic rings. The summed E-state index contributed by atoms with van der Waals surface area (Å²) in [7, 11) is 0. The van der Waals surface area contributed by atoms with Gasteiger partial charge in [0.1, 0.15) is 0 Å². The Labute approximate surface area is 152 Å². The van der Waals surface area contributed by atoms with Crippen LogP contribution < -0.4 is 5.32 Å². The fraction of sp³-hybridized carbons (Fsp3) is 0.550. The Morgan fingerprint density at radius 3 is 2.29 bits per heavy atom. The lowest BCUT2D eigenvalue weighted by Crippen LogP contribution is -2.43. The van der Waals surface area contributed by atoms with Gasteiger partial charge < -0.3 is 5.32 Å². The van der Waals surface area contributed by atoms with Gasteiger partial charge in [-0.05, 0) is 86.3 Å². The topological polar surface area (TPSA) is 24.9 Å². The number of nitrogens with one attached hydrogen (secondary N) is 1. The molecule has 4 bridgehead atoms. The summed E-state index contributed by atoms with van der Waals surface area (Å²) in [6.45, 7) is 0. The summed E-state index contributed by atoms with van der Waals surface area (Å²) in [4.78, 5) is 6.30. The number of hydrogen-bond donors (Lipinski definition) is 1. The highest BCUT2D eigenvalue weighted by molar-refractivity contribution is 7.98. The highest BCUT2D eigenvalue weighted by Gasteiger charge is 2.49. The Balaban J connectivity index is 1.33. The molecule has 4 aliphatic carbocycles. The van der Waals surface area contributed by atoms with Crippen molar-refractivity contribution < 1.29 is 0 Å². The Morgan fingerprint density at radius 2 is 1.67 bits per heavy atom. The molecule has 4 aliphatic rings. The van der Waals surface area contributed by atoms with Gasteiger partial charge >= 0.3 is 0 Å². The van der Waals surface area contributed by atoms with E-state index in [1.807, 2.05) is 0 Å². The van der Waals surface area contributed by atoms with Crippen molar-refractivity contribution in [2.75, 3.05) is 11.6 Å². The summed E-state index contributed by atoms with van der Waals surface area (Å²) in [5.41, 5.74) is 2.51. The number of hydrogen-bond acceptors (Lipinski definition) is 4. The second kappa shape index (κ2) is 6.06. The van der Waals surface area contributed by atoms with Gasteiger partial charge in [-0.25, -0.2) is 4.98 Å². The number of rotatable bonds is 4. The molecule has 0 amide bonds. The summed E-state index contributed by atoms with van der Waals surface area (Å²) >= 11 is 3.55. The van der Waals surface area contributed by atoms with Crippen molar-refractivity contribution in [3.63, 3.8) is 0 Å². The Morgan fingerprint density at radius 1 is 1.00 bits per heavy atom. The number of nitrogens with zero attached hydrogens (tertiary/aromatic N) is 1. The molecular formula is C20H24N2S2. The number of thiazole rings is 1. The first-order valence-corrected chi connectivity index (χ1v) is 11.3. The average Bonchev–Trinajstić information content (AvgIpc) is 3.03. The van der Waals surface area contributed by atoms with Crippen molar-refractivity contribution in [3.05, 3.63) is 35.3 Å². The third-order valence-electron chi connectivity index (χ3n) is 6.43. The van der Waals surface area contributed by atoms with E-state index in [0.717, 1.165) is 40.4 Å². The Kier molecular flexibility index (Phi) is 3.86. The lowest BCUT2D eigenvalue weighted by molar-refractivity contribution is -0.00392. The van der Waals surface area contributed by atoms with E-state index in [4.69, 9.17) is 4.98 Å². The third kappa shape index (κ3) is 2.68. The average molecular weight is 357 g/mol. The van der Waals surface area contributed by atoms with E-state index in [9.17, 15) is 0 Å². The second-order valence-electron chi connectivity index (χ2n) is 7.89. The van der Waals surface area contributed by atoms with Crippen LogP contribution in [0.4, 0.5) is 10.8 Å². The molecule has 1 heterocycles. The zero-order valence-electron chi connectivity index (χ0n) is 14.1. The van der Waals surface area contributed by atoms with Gasteiger partial charge in [0.25, 0.3) is 0 Å². The van der Waals surface area contributed by atoms with Crippen LogP contribution in [-0.4, -0.2) is 11.2 Å². The molecule has 0 unspecified atom stereocenters. The van der Waals surface area contributed by atoms with Crippen LogP contribution in [0.25, 0.3) is 0 Å². The van der Waals surface area contributed by atoms with Crippen molar-refractivity contribution in [3.8, 4) is 0 Å². The van der Waals surface area contributed by atoms with E-state index in [-0.39, 0.29) is 0 Å². The van der Waals surface area contributed by atoms with Crippen LogP contribution in [0, 0.1) is 23.7 Å². The SMILES string of the molecule is CSc1ccc(Nc2nc(C3C4CC5CC(C4)CC3C5)cs2)cc1. The van der Waals surface area contributed by atoms with Gasteiger partial charge in [-0.3, -0.25) is 0 Å². The predicted molar refractivity (Wildman–Crippen MR) is 103 cm³/mol. The highest BCUT2D eigenvalue weighted by atomic mass is 32.2. The minimum atomic E-state index is 0.739. The Bertz CT molecular complexity index is 693. The molecule has 1 N–H and O–H groups in total. The third-order valence-corrected chi connectivity index (χ3v) is 7.95. The van der Waals surface area contributed by atoms with Crippen molar-refractivity contribution in [1.29, 1.82) is 0 Å². The standard InChI is InChI=1S/C20H24N2S2/c1-23-17-4-2-16(3-5-17)21-20-22-18(11-24-20)19-14-7-12-6-13(9-14)10-15(19)8-12/h2-5,11-15,19H,6-10H2,1H3,(H,21,22). The molecule has 0 spiro atoms. The Hall–Kier alpha value is -1.00. The lowest BCUT2D eigenvalue weighted by Gasteiger charge is -2.54. The second-order valence-corrected chi connectivity index (χ2v) is 9.63. The molecule has 24 heavy (non-hydrogen) atoms. The van der Waals surface area contributed by atoms with E-state index in [2.05, 4.69) is 41.2 Å².